The van der Waals surface area contributed by atoms with Crippen LogP contribution in [0.15, 0.2) is 44.2 Å². The van der Waals surface area contributed by atoms with E-state index in [0.717, 1.165) is 6.07 Å². The molecule has 0 bridgehead atoms. The normalized spacial score (nSPS) is 11.4. The van der Waals surface area contributed by atoms with Crippen LogP contribution in [0.1, 0.15) is 0 Å². The largest absolute Gasteiger partial charge is 0.399 e. The molecule has 0 saturated heterocycles. The van der Waals surface area contributed by atoms with E-state index >= 15 is 0 Å². The number of rotatable bonds is 3. The van der Waals surface area contributed by atoms with Gasteiger partial charge in [0.1, 0.15) is 10.7 Å². The van der Waals surface area contributed by atoms with Crippen LogP contribution in [0.25, 0.3) is 0 Å². The van der Waals surface area contributed by atoms with Gasteiger partial charge in [-0.25, -0.2) is 17.2 Å². The number of sulfonamides is 1. The van der Waals surface area contributed by atoms with Gasteiger partial charge in [-0.2, -0.15) is 0 Å². The first-order valence-electron chi connectivity index (χ1n) is 5.43. The zero-order valence-electron chi connectivity index (χ0n) is 10.2. The molecule has 21 heavy (non-hydrogen) atoms. The van der Waals surface area contributed by atoms with E-state index in [1.165, 1.54) is 18.2 Å². The van der Waals surface area contributed by atoms with Crippen LogP contribution < -0.4 is 10.5 Å². The lowest BCUT2D eigenvalue weighted by atomic mass is 10.3. The first kappa shape index (κ1) is 16.2. The van der Waals surface area contributed by atoms with Gasteiger partial charge in [0.2, 0.25) is 0 Å². The average molecular weight is 442 g/mol. The topological polar surface area (TPSA) is 72.2 Å². The number of benzene rings is 2. The molecule has 4 nitrogen and oxygen atoms in total. The van der Waals surface area contributed by atoms with E-state index in [1.54, 1.807) is 0 Å². The second-order valence-corrected chi connectivity index (χ2v) is 7.40. The summed E-state index contributed by atoms with van der Waals surface area (Å²) in [5, 5.41) is 0. The highest BCUT2D eigenvalue weighted by molar-refractivity contribution is 9.11. The van der Waals surface area contributed by atoms with Crippen molar-refractivity contribution < 1.29 is 17.2 Å². The van der Waals surface area contributed by atoms with E-state index in [9.17, 15) is 17.2 Å². The fourth-order valence-corrected chi connectivity index (χ4v) is 4.28. The molecule has 0 heterocycles. The van der Waals surface area contributed by atoms with Crippen LogP contribution >= 0.6 is 31.9 Å². The first-order valence-corrected chi connectivity index (χ1v) is 8.50. The van der Waals surface area contributed by atoms with Crippen molar-refractivity contribution in [3.8, 4) is 0 Å². The maximum Gasteiger partial charge on any atom is 0.263 e. The Hall–Kier alpha value is -1.19. The number of nitrogens with two attached hydrogens (primary N) is 1. The molecule has 0 amide bonds. The molecule has 2 aromatic rings. The van der Waals surface area contributed by atoms with Crippen molar-refractivity contribution in [1.29, 1.82) is 0 Å². The van der Waals surface area contributed by atoms with E-state index in [4.69, 9.17) is 5.73 Å². The molecule has 0 saturated carbocycles. The summed E-state index contributed by atoms with van der Waals surface area (Å²) in [5.41, 5.74) is 5.40. The summed E-state index contributed by atoms with van der Waals surface area (Å²) >= 11 is 6.00. The Kier molecular flexibility index (Phi) is 4.54. The minimum Gasteiger partial charge on any atom is -0.399 e. The van der Waals surface area contributed by atoms with E-state index in [0.29, 0.717) is 6.07 Å². The van der Waals surface area contributed by atoms with Crippen molar-refractivity contribution in [1.82, 2.24) is 0 Å². The van der Waals surface area contributed by atoms with Gasteiger partial charge in [-0.05, 0) is 56.1 Å². The molecule has 0 aromatic heterocycles. The van der Waals surface area contributed by atoms with Crippen molar-refractivity contribution in [2.45, 2.75) is 4.90 Å². The predicted octanol–water partition coefficient (Wildman–Crippen LogP) is 3.87. The van der Waals surface area contributed by atoms with Crippen LogP contribution in [0.5, 0.6) is 0 Å². The number of halogens is 4. The highest BCUT2D eigenvalue weighted by Gasteiger charge is 2.21. The first-order chi connectivity index (χ1) is 9.70. The Balaban J connectivity index is 2.50. The zero-order valence-corrected chi connectivity index (χ0v) is 14.2. The molecule has 2 aromatic carbocycles. The Morgan fingerprint density at radius 3 is 2.33 bits per heavy atom. The summed E-state index contributed by atoms with van der Waals surface area (Å²) in [4.78, 5) is -0.155. The minimum absolute atomic E-state index is 0.0522. The molecule has 0 radical (unpaired) electrons. The van der Waals surface area contributed by atoms with Gasteiger partial charge in [0.15, 0.2) is 5.82 Å². The smallest absolute Gasteiger partial charge is 0.263 e. The third-order valence-corrected chi connectivity index (χ3v) is 5.46. The van der Waals surface area contributed by atoms with Gasteiger partial charge in [-0.3, -0.25) is 4.72 Å². The number of nitrogens with one attached hydrogen (secondary N) is 1. The van der Waals surface area contributed by atoms with Gasteiger partial charge in [-0.15, -0.1) is 0 Å². The Bertz CT molecular complexity index is 790. The monoisotopic (exact) mass is 440 g/mol. The minimum atomic E-state index is -4.09. The van der Waals surface area contributed by atoms with Gasteiger partial charge in [0.05, 0.1) is 5.69 Å². The van der Waals surface area contributed by atoms with E-state index in [1.807, 2.05) is 0 Å². The SMILES string of the molecule is Nc1ccc(Br)c(S(=O)(=O)Nc2c(F)cc(F)cc2Br)c1. The third-order valence-electron chi connectivity index (χ3n) is 2.49. The molecule has 3 N–H and O–H groups in total. The molecule has 0 spiro atoms. The molecule has 0 aliphatic heterocycles. The molecular weight excluding hydrogens is 434 g/mol. The van der Waals surface area contributed by atoms with Crippen molar-refractivity contribution >= 4 is 53.3 Å². The van der Waals surface area contributed by atoms with Crippen molar-refractivity contribution in [3.05, 3.63) is 50.9 Å². The second-order valence-electron chi connectivity index (χ2n) is 4.04. The summed E-state index contributed by atoms with van der Waals surface area (Å²) in [6.07, 6.45) is 0. The molecule has 0 aliphatic carbocycles. The number of anilines is 2. The summed E-state index contributed by atoms with van der Waals surface area (Å²) in [6, 6.07) is 5.73. The molecule has 0 unspecified atom stereocenters. The van der Waals surface area contributed by atoms with Gasteiger partial charge in [0.25, 0.3) is 10.0 Å². The Morgan fingerprint density at radius 1 is 1.05 bits per heavy atom. The third kappa shape index (κ3) is 3.53. The average Bonchev–Trinajstić information content (AvgIpc) is 2.36. The molecule has 9 heteroatoms. The summed E-state index contributed by atoms with van der Waals surface area (Å²) in [5.74, 6) is -1.86. The quantitative estimate of drug-likeness (QED) is 0.710. The van der Waals surface area contributed by atoms with Crippen molar-refractivity contribution in [2.24, 2.45) is 0 Å². The number of hydrogen-bond acceptors (Lipinski definition) is 3. The lowest BCUT2D eigenvalue weighted by molar-refractivity contribution is 0.581. The summed E-state index contributed by atoms with van der Waals surface area (Å²) in [7, 11) is -4.09. The van der Waals surface area contributed by atoms with Gasteiger partial charge < -0.3 is 5.73 Å². The van der Waals surface area contributed by atoms with Crippen LogP contribution in [0.2, 0.25) is 0 Å². The standard InChI is InChI=1S/C12H8Br2F2N2O2S/c13-8-2-1-7(17)5-11(8)21(19,20)18-12-9(14)3-6(15)4-10(12)16/h1-5,18H,17H2. The zero-order chi connectivity index (χ0) is 15.8. The molecule has 0 atom stereocenters. The lowest BCUT2D eigenvalue weighted by Gasteiger charge is -2.12. The molecule has 112 valence electrons. The predicted molar refractivity (Wildman–Crippen MR) is 83.4 cm³/mol. The Labute approximate surface area is 136 Å². The van der Waals surface area contributed by atoms with E-state index < -0.39 is 21.7 Å². The number of nitrogen functional groups attached to an aromatic ring is 1. The van der Waals surface area contributed by atoms with Crippen LogP contribution in [0.4, 0.5) is 20.2 Å². The van der Waals surface area contributed by atoms with Crippen molar-refractivity contribution in [2.75, 3.05) is 10.5 Å². The van der Waals surface area contributed by atoms with Gasteiger partial charge in [0, 0.05) is 20.7 Å². The maximum atomic E-state index is 13.7. The van der Waals surface area contributed by atoms with E-state index in [2.05, 4.69) is 36.6 Å². The van der Waals surface area contributed by atoms with Crippen LogP contribution in [0, 0.1) is 11.6 Å². The fourth-order valence-electron chi connectivity index (χ4n) is 1.55. The highest BCUT2D eigenvalue weighted by Crippen LogP contribution is 2.31. The van der Waals surface area contributed by atoms with Gasteiger partial charge >= 0.3 is 0 Å². The highest BCUT2D eigenvalue weighted by atomic mass is 79.9. The van der Waals surface area contributed by atoms with Crippen LogP contribution in [-0.2, 0) is 10.0 Å². The van der Waals surface area contributed by atoms with E-state index in [-0.39, 0.29) is 25.2 Å². The van der Waals surface area contributed by atoms with Crippen LogP contribution in [0.3, 0.4) is 0 Å². The fraction of sp³-hybridized carbons (Fsp3) is 0. The van der Waals surface area contributed by atoms with Crippen molar-refractivity contribution in [3.63, 3.8) is 0 Å². The summed E-state index contributed by atoms with van der Waals surface area (Å²) < 4.78 is 53.6. The van der Waals surface area contributed by atoms with Gasteiger partial charge in [-0.1, -0.05) is 0 Å². The molecule has 0 fully saturated rings. The molecule has 2 rings (SSSR count). The molecule has 0 aliphatic rings. The number of hydrogen-bond donors (Lipinski definition) is 2. The second kappa shape index (κ2) is 5.90. The maximum absolute atomic E-state index is 13.7. The lowest BCUT2D eigenvalue weighted by Crippen LogP contribution is -2.15. The summed E-state index contributed by atoms with van der Waals surface area (Å²) in [6.45, 7) is 0. The Morgan fingerprint density at radius 2 is 1.71 bits per heavy atom. The molecular formula is C12H8Br2F2N2O2S. The van der Waals surface area contributed by atoms with Crippen LogP contribution in [-0.4, -0.2) is 8.42 Å².